The first-order chi connectivity index (χ1) is 16.1. The van der Waals surface area contributed by atoms with E-state index in [0.29, 0.717) is 0 Å². The van der Waals surface area contributed by atoms with Crippen LogP contribution in [0.1, 0.15) is 13.3 Å². The normalized spacial score (nSPS) is 24.1. The van der Waals surface area contributed by atoms with Crippen LogP contribution in [0.2, 0.25) is 0 Å². The minimum Gasteiger partial charge on any atom is -0.394 e. The number of nitrogens with one attached hydrogen (secondary N) is 5. The molecule has 0 spiro atoms. The van der Waals surface area contributed by atoms with Gasteiger partial charge in [-0.25, -0.2) is 0 Å². The third-order valence-electron chi connectivity index (χ3n) is 4.63. The highest BCUT2D eigenvalue weighted by Crippen LogP contribution is 2.29. The first-order valence-electron chi connectivity index (χ1n) is 10.6. The molecule has 0 aliphatic carbocycles. The van der Waals surface area contributed by atoms with Crippen LogP contribution < -0.4 is 26.6 Å². The molecule has 0 aromatic rings. The van der Waals surface area contributed by atoms with Gasteiger partial charge in [-0.2, -0.15) is 0 Å². The van der Waals surface area contributed by atoms with Gasteiger partial charge in [-0.3, -0.25) is 24.0 Å². The number of carbonyl (C=O) groups is 5. The highest BCUT2D eigenvalue weighted by molar-refractivity contribution is 7.99. The Morgan fingerprint density at radius 3 is 1.97 bits per heavy atom. The Balaban J connectivity index is 2.34. The van der Waals surface area contributed by atoms with E-state index in [1.807, 2.05) is 0 Å². The van der Waals surface area contributed by atoms with Crippen molar-refractivity contribution >= 4 is 41.2 Å². The van der Waals surface area contributed by atoms with Crippen LogP contribution in [0, 0.1) is 0 Å². The summed E-state index contributed by atoms with van der Waals surface area (Å²) in [6, 6.07) is -0.943. The molecule has 0 radical (unpaired) electrons. The number of amides is 4. The van der Waals surface area contributed by atoms with Crippen molar-refractivity contribution in [1.82, 2.24) is 26.6 Å². The quantitative estimate of drug-likeness (QED) is 0.112. The second kappa shape index (κ2) is 15.6. The Morgan fingerprint density at radius 1 is 0.882 bits per heavy atom. The zero-order valence-corrected chi connectivity index (χ0v) is 19.9. The Morgan fingerprint density at radius 2 is 1.44 bits per heavy atom. The maximum absolute atomic E-state index is 12.1. The Labute approximate surface area is 200 Å². The number of likely N-dealkylation sites (N-methyl/N-ethyl adjacent to an activating group) is 1. The van der Waals surface area contributed by atoms with Gasteiger partial charge in [0.1, 0.15) is 23.7 Å². The number of carbonyl (C=O) groups excluding carboxylic acids is 5. The predicted molar refractivity (Wildman–Crippen MR) is 120 cm³/mol. The molecule has 1 aliphatic heterocycles. The molecular formula is C19H33N5O9S. The molecule has 0 aromatic carbocycles. The number of ether oxygens (including phenoxy) is 1. The lowest BCUT2D eigenvalue weighted by atomic mass is 9.98. The van der Waals surface area contributed by atoms with Crippen LogP contribution in [0.4, 0.5) is 0 Å². The van der Waals surface area contributed by atoms with Crippen LogP contribution in [0.15, 0.2) is 0 Å². The van der Waals surface area contributed by atoms with Crippen LogP contribution in [0.3, 0.4) is 0 Å². The molecular weight excluding hydrogens is 474 g/mol. The second-order valence-corrected chi connectivity index (χ2v) is 8.66. The Hall–Kier alpha value is -2.30. The van der Waals surface area contributed by atoms with Gasteiger partial charge in [-0.15, -0.1) is 11.8 Å². The van der Waals surface area contributed by atoms with Gasteiger partial charge < -0.3 is 46.6 Å². The number of aliphatic hydroxyl groups excluding tert-OH is 3. The number of thioether (sulfide) groups is 1. The lowest BCUT2D eigenvalue weighted by Crippen LogP contribution is -2.63. The van der Waals surface area contributed by atoms with Crippen molar-refractivity contribution in [2.75, 3.05) is 45.6 Å². The minimum atomic E-state index is -1.39. The molecule has 0 aromatic heterocycles. The lowest BCUT2D eigenvalue weighted by Gasteiger charge is -2.42. The summed E-state index contributed by atoms with van der Waals surface area (Å²) in [6.45, 7) is -0.149. The van der Waals surface area contributed by atoms with Gasteiger partial charge in [0, 0.05) is 19.1 Å². The van der Waals surface area contributed by atoms with Crippen LogP contribution in [0.25, 0.3) is 0 Å². The first-order valence-corrected chi connectivity index (χ1v) is 11.6. The number of Topliss-reactive ketones (excluding diaryl/α,β-unsaturated/α-hetero) is 1. The van der Waals surface area contributed by atoms with Gasteiger partial charge in [-0.1, -0.05) is 0 Å². The van der Waals surface area contributed by atoms with Crippen molar-refractivity contribution < 1.29 is 44.0 Å². The SMILES string of the molecule is CNCC(=O)NCC(=O)NCC(=O)NCC(=O)CCS[C@H]1OC(CO)[C@H](O)C(O)C1NC(C)=O. The fraction of sp³-hybridized carbons (Fsp3) is 0.737. The van der Waals surface area contributed by atoms with Gasteiger partial charge >= 0.3 is 0 Å². The number of ketones is 1. The fourth-order valence-corrected chi connectivity index (χ4v) is 4.13. The summed E-state index contributed by atoms with van der Waals surface area (Å²) >= 11 is 1.11. The van der Waals surface area contributed by atoms with Crippen LogP contribution >= 0.6 is 11.8 Å². The average Bonchev–Trinajstić information content (AvgIpc) is 2.79. The molecule has 1 aliphatic rings. The third kappa shape index (κ3) is 10.8. The van der Waals surface area contributed by atoms with Crippen molar-refractivity contribution in [2.45, 2.75) is 43.1 Å². The molecule has 5 atom stereocenters. The summed E-state index contributed by atoms with van der Waals surface area (Å²) < 4.78 is 5.55. The maximum Gasteiger partial charge on any atom is 0.239 e. The molecule has 14 nitrogen and oxygen atoms in total. The molecule has 15 heteroatoms. The second-order valence-electron chi connectivity index (χ2n) is 7.45. The van der Waals surface area contributed by atoms with Crippen molar-refractivity contribution in [3.05, 3.63) is 0 Å². The zero-order valence-electron chi connectivity index (χ0n) is 19.0. The molecule has 4 amide bonds. The Kier molecular flexibility index (Phi) is 13.6. The van der Waals surface area contributed by atoms with Gasteiger partial charge in [0.2, 0.25) is 23.6 Å². The number of hydrogen-bond acceptors (Lipinski definition) is 11. The first kappa shape index (κ1) is 29.7. The van der Waals surface area contributed by atoms with Crippen molar-refractivity contribution in [1.29, 1.82) is 0 Å². The van der Waals surface area contributed by atoms with Crippen LogP contribution in [0.5, 0.6) is 0 Å². The van der Waals surface area contributed by atoms with Gasteiger partial charge in [0.05, 0.1) is 38.8 Å². The summed E-state index contributed by atoms with van der Waals surface area (Å²) in [5.41, 5.74) is -0.814. The molecule has 34 heavy (non-hydrogen) atoms. The highest BCUT2D eigenvalue weighted by atomic mass is 32.2. The predicted octanol–water partition coefficient (Wildman–Crippen LogP) is -4.81. The maximum atomic E-state index is 12.1. The van der Waals surface area contributed by atoms with Crippen LogP contribution in [-0.4, -0.2) is 120 Å². The summed E-state index contributed by atoms with van der Waals surface area (Å²) in [5, 5.41) is 41.7. The standard InChI is InChI=1S/C19H33N5O9S/c1-10(26)24-16-18(32)17(31)12(9-25)33-19(16)34-4-3-11(27)5-21-14(29)7-23-15(30)8-22-13(28)6-20-2/h12,16-20,25,31-32H,3-9H2,1-2H3,(H,21,29)(H,22,28)(H,23,30)(H,24,26)/t12?,16?,17-,18?,19+/m0/s1. The minimum absolute atomic E-state index is 0.0316. The molecule has 1 rings (SSSR count). The topological polar surface area (TPSA) is 215 Å². The largest absolute Gasteiger partial charge is 0.394 e. The van der Waals surface area contributed by atoms with Gasteiger partial charge in [-0.05, 0) is 7.05 Å². The zero-order chi connectivity index (χ0) is 25.7. The Bertz CT molecular complexity index is 726. The van der Waals surface area contributed by atoms with Crippen molar-refractivity contribution in [3.63, 3.8) is 0 Å². The highest BCUT2D eigenvalue weighted by Gasteiger charge is 2.44. The molecule has 3 unspecified atom stereocenters. The van der Waals surface area contributed by atoms with E-state index in [2.05, 4.69) is 26.6 Å². The van der Waals surface area contributed by atoms with E-state index in [1.54, 1.807) is 7.05 Å². The molecule has 8 N–H and O–H groups in total. The van der Waals surface area contributed by atoms with E-state index in [4.69, 9.17) is 4.74 Å². The summed E-state index contributed by atoms with van der Waals surface area (Å²) in [6.07, 6.45) is -3.77. The van der Waals surface area contributed by atoms with Crippen molar-refractivity contribution in [3.8, 4) is 0 Å². The van der Waals surface area contributed by atoms with E-state index in [1.165, 1.54) is 6.92 Å². The number of aliphatic hydroxyl groups is 3. The van der Waals surface area contributed by atoms with E-state index in [0.717, 1.165) is 11.8 Å². The average molecular weight is 508 g/mol. The molecule has 0 bridgehead atoms. The summed E-state index contributed by atoms with van der Waals surface area (Å²) in [5.74, 6) is -2.04. The van der Waals surface area contributed by atoms with E-state index >= 15 is 0 Å². The number of hydrogen-bond donors (Lipinski definition) is 8. The van der Waals surface area contributed by atoms with Crippen LogP contribution in [-0.2, 0) is 28.7 Å². The van der Waals surface area contributed by atoms with E-state index < -0.39 is 54.1 Å². The smallest absolute Gasteiger partial charge is 0.239 e. The monoisotopic (exact) mass is 507 g/mol. The third-order valence-corrected chi connectivity index (χ3v) is 5.80. The molecule has 1 heterocycles. The van der Waals surface area contributed by atoms with Gasteiger partial charge in [0.25, 0.3) is 0 Å². The summed E-state index contributed by atoms with van der Waals surface area (Å²) in [7, 11) is 1.58. The lowest BCUT2D eigenvalue weighted by molar-refractivity contribution is -0.173. The van der Waals surface area contributed by atoms with Crippen molar-refractivity contribution in [2.24, 2.45) is 0 Å². The van der Waals surface area contributed by atoms with E-state index in [-0.39, 0.29) is 50.0 Å². The number of rotatable bonds is 14. The molecule has 1 fully saturated rings. The molecule has 194 valence electrons. The molecule has 1 saturated heterocycles. The van der Waals surface area contributed by atoms with E-state index in [9.17, 15) is 39.3 Å². The van der Waals surface area contributed by atoms with Gasteiger partial charge in [0.15, 0.2) is 5.78 Å². The molecule has 0 saturated carbocycles. The summed E-state index contributed by atoms with van der Waals surface area (Å²) in [4.78, 5) is 58.1. The fourth-order valence-electron chi connectivity index (χ4n) is 2.89.